The van der Waals surface area contributed by atoms with Crippen molar-refractivity contribution in [2.75, 3.05) is 12.4 Å². The highest BCUT2D eigenvalue weighted by Crippen LogP contribution is 2.47. The number of carbonyl (C=O) groups excluding carboxylic acids is 2. The summed E-state index contributed by atoms with van der Waals surface area (Å²) in [6.45, 7) is 1.96. The Hall–Kier alpha value is -2.04. The Morgan fingerprint density at radius 1 is 1.12 bits per heavy atom. The van der Waals surface area contributed by atoms with Gasteiger partial charge in [0.05, 0.1) is 12.8 Å². The number of nitrogens with one attached hydrogen (secondary N) is 2. The lowest BCUT2D eigenvalue weighted by Crippen LogP contribution is -2.45. The SMILES string of the molecule is COc1ccc(C)cc1NC(=O)C1(C(=O)NC2CCCCC2)CC1. The lowest BCUT2D eigenvalue weighted by molar-refractivity contribution is -0.135. The minimum absolute atomic E-state index is 0.112. The fourth-order valence-corrected chi connectivity index (χ4v) is 3.41. The van der Waals surface area contributed by atoms with Gasteiger partial charge in [0.25, 0.3) is 0 Å². The van der Waals surface area contributed by atoms with Crippen molar-refractivity contribution < 1.29 is 14.3 Å². The lowest BCUT2D eigenvalue weighted by atomic mass is 9.94. The Morgan fingerprint density at radius 3 is 2.46 bits per heavy atom. The molecule has 2 N–H and O–H groups in total. The third-order valence-corrected chi connectivity index (χ3v) is 5.16. The molecule has 0 aliphatic heterocycles. The van der Waals surface area contributed by atoms with Crippen LogP contribution in [0.2, 0.25) is 0 Å². The first-order valence-electron chi connectivity index (χ1n) is 8.82. The zero-order chi connectivity index (χ0) is 17.2. The molecule has 0 radical (unpaired) electrons. The minimum atomic E-state index is -0.897. The predicted molar refractivity (Wildman–Crippen MR) is 93.0 cm³/mol. The first-order valence-corrected chi connectivity index (χ1v) is 8.82. The second-order valence-electron chi connectivity index (χ2n) is 7.05. The van der Waals surface area contributed by atoms with Crippen LogP contribution in [0.4, 0.5) is 5.69 Å². The highest BCUT2D eigenvalue weighted by atomic mass is 16.5. The fraction of sp³-hybridized carbons (Fsp3) is 0.579. The van der Waals surface area contributed by atoms with E-state index in [1.165, 1.54) is 6.42 Å². The fourth-order valence-electron chi connectivity index (χ4n) is 3.41. The van der Waals surface area contributed by atoms with Crippen LogP contribution < -0.4 is 15.4 Å². The van der Waals surface area contributed by atoms with E-state index in [-0.39, 0.29) is 17.9 Å². The molecule has 2 aliphatic carbocycles. The number of hydrogen-bond donors (Lipinski definition) is 2. The highest BCUT2D eigenvalue weighted by Gasteiger charge is 2.56. The Labute approximate surface area is 143 Å². The molecule has 130 valence electrons. The van der Waals surface area contributed by atoms with Crippen LogP contribution in [0.15, 0.2) is 18.2 Å². The molecule has 0 bridgehead atoms. The van der Waals surface area contributed by atoms with E-state index < -0.39 is 5.41 Å². The van der Waals surface area contributed by atoms with E-state index in [0.29, 0.717) is 24.3 Å². The smallest absolute Gasteiger partial charge is 0.240 e. The van der Waals surface area contributed by atoms with Crippen LogP contribution in [0, 0.1) is 12.3 Å². The van der Waals surface area contributed by atoms with Crippen molar-refractivity contribution in [3.05, 3.63) is 23.8 Å². The summed E-state index contributed by atoms with van der Waals surface area (Å²) in [5.41, 5.74) is 0.758. The number of benzene rings is 1. The van der Waals surface area contributed by atoms with Crippen LogP contribution in [-0.4, -0.2) is 25.0 Å². The molecule has 24 heavy (non-hydrogen) atoms. The molecular weight excluding hydrogens is 304 g/mol. The Kier molecular flexibility index (Phi) is 4.78. The van der Waals surface area contributed by atoms with Crippen LogP contribution in [0.3, 0.4) is 0 Å². The first kappa shape index (κ1) is 16.8. The first-order chi connectivity index (χ1) is 11.5. The molecule has 3 rings (SSSR count). The number of ether oxygens (including phenoxy) is 1. The third kappa shape index (κ3) is 3.40. The van der Waals surface area contributed by atoms with Gasteiger partial charge in [0, 0.05) is 6.04 Å². The molecule has 1 aromatic rings. The average molecular weight is 330 g/mol. The summed E-state index contributed by atoms with van der Waals surface area (Å²) in [5.74, 6) is 0.274. The number of carbonyl (C=O) groups is 2. The highest BCUT2D eigenvalue weighted by molar-refractivity contribution is 6.13. The third-order valence-electron chi connectivity index (χ3n) is 5.16. The lowest BCUT2D eigenvalue weighted by Gasteiger charge is -2.25. The molecule has 0 aromatic heterocycles. The van der Waals surface area contributed by atoms with Crippen LogP contribution in [-0.2, 0) is 9.59 Å². The van der Waals surface area contributed by atoms with Gasteiger partial charge in [-0.15, -0.1) is 0 Å². The topological polar surface area (TPSA) is 67.4 Å². The summed E-state index contributed by atoms with van der Waals surface area (Å²) in [7, 11) is 1.57. The van der Waals surface area contributed by atoms with Gasteiger partial charge in [-0.1, -0.05) is 25.3 Å². The average Bonchev–Trinajstić information content (AvgIpc) is 3.38. The van der Waals surface area contributed by atoms with E-state index >= 15 is 0 Å². The van der Waals surface area contributed by atoms with E-state index in [2.05, 4.69) is 10.6 Å². The van der Waals surface area contributed by atoms with E-state index in [4.69, 9.17) is 4.74 Å². The molecular formula is C19H26N2O3. The van der Waals surface area contributed by atoms with Gasteiger partial charge >= 0.3 is 0 Å². The van der Waals surface area contributed by atoms with Crippen molar-refractivity contribution in [1.29, 1.82) is 0 Å². The number of hydrogen-bond acceptors (Lipinski definition) is 3. The van der Waals surface area contributed by atoms with Gasteiger partial charge in [0.1, 0.15) is 11.2 Å². The molecule has 0 heterocycles. The zero-order valence-corrected chi connectivity index (χ0v) is 14.5. The van der Waals surface area contributed by atoms with Gasteiger partial charge in [-0.25, -0.2) is 0 Å². The summed E-state index contributed by atoms with van der Waals surface area (Å²) in [6.07, 6.45) is 6.84. The van der Waals surface area contributed by atoms with Crippen LogP contribution in [0.1, 0.15) is 50.5 Å². The van der Waals surface area contributed by atoms with E-state index in [1.807, 2.05) is 25.1 Å². The van der Waals surface area contributed by atoms with Crippen LogP contribution >= 0.6 is 0 Å². The molecule has 5 heteroatoms. The number of aryl methyl sites for hydroxylation is 1. The maximum atomic E-state index is 12.7. The Morgan fingerprint density at radius 2 is 1.83 bits per heavy atom. The number of amides is 2. The van der Waals surface area contributed by atoms with E-state index in [1.54, 1.807) is 7.11 Å². The number of methoxy groups -OCH3 is 1. The molecule has 2 saturated carbocycles. The largest absolute Gasteiger partial charge is 0.495 e. The van der Waals surface area contributed by atoms with Crippen molar-refractivity contribution in [3.63, 3.8) is 0 Å². The molecule has 0 unspecified atom stereocenters. The molecule has 1 aromatic carbocycles. The quantitative estimate of drug-likeness (QED) is 0.815. The maximum Gasteiger partial charge on any atom is 0.240 e. The second kappa shape index (κ2) is 6.83. The van der Waals surface area contributed by atoms with Gasteiger partial charge in [-0.3, -0.25) is 9.59 Å². The Balaban J connectivity index is 1.67. The van der Waals surface area contributed by atoms with E-state index in [9.17, 15) is 9.59 Å². The van der Waals surface area contributed by atoms with Crippen molar-refractivity contribution in [2.24, 2.45) is 5.41 Å². The van der Waals surface area contributed by atoms with Gasteiger partial charge in [-0.05, 0) is 50.3 Å². The second-order valence-corrected chi connectivity index (χ2v) is 7.05. The molecule has 0 atom stereocenters. The molecule has 2 amide bonds. The van der Waals surface area contributed by atoms with Crippen molar-refractivity contribution in [3.8, 4) is 5.75 Å². The monoisotopic (exact) mass is 330 g/mol. The van der Waals surface area contributed by atoms with Crippen molar-refractivity contribution >= 4 is 17.5 Å². The maximum absolute atomic E-state index is 12.7. The molecule has 2 fully saturated rings. The number of rotatable bonds is 5. The van der Waals surface area contributed by atoms with Gasteiger partial charge in [-0.2, -0.15) is 0 Å². The van der Waals surface area contributed by atoms with Gasteiger partial charge < -0.3 is 15.4 Å². The van der Waals surface area contributed by atoms with Crippen LogP contribution in [0.5, 0.6) is 5.75 Å². The van der Waals surface area contributed by atoms with Crippen LogP contribution in [0.25, 0.3) is 0 Å². The summed E-state index contributed by atoms with van der Waals surface area (Å²) in [6, 6.07) is 5.85. The minimum Gasteiger partial charge on any atom is -0.495 e. The standard InChI is InChI=1S/C19H26N2O3/c1-13-8-9-16(24-2)15(12-13)21-18(23)19(10-11-19)17(22)20-14-6-4-3-5-7-14/h8-9,12,14H,3-7,10-11H2,1-2H3,(H,20,22)(H,21,23). The summed E-state index contributed by atoms with van der Waals surface area (Å²) in [5, 5.41) is 6.00. The van der Waals surface area contributed by atoms with Gasteiger partial charge in [0.15, 0.2) is 0 Å². The van der Waals surface area contributed by atoms with Crippen molar-refractivity contribution in [1.82, 2.24) is 5.32 Å². The molecule has 0 spiro atoms. The molecule has 0 saturated heterocycles. The van der Waals surface area contributed by atoms with E-state index in [0.717, 1.165) is 31.2 Å². The molecule has 5 nitrogen and oxygen atoms in total. The normalized spacial score (nSPS) is 19.4. The predicted octanol–water partition coefficient (Wildman–Crippen LogP) is 3.17. The summed E-state index contributed by atoms with van der Waals surface area (Å²) >= 11 is 0. The van der Waals surface area contributed by atoms with Gasteiger partial charge in [0.2, 0.25) is 11.8 Å². The summed E-state index contributed by atoms with van der Waals surface area (Å²) < 4.78 is 5.30. The molecule has 2 aliphatic rings. The Bertz CT molecular complexity index is 631. The van der Waals surface area contributed by atoms with Crippen molar-refractivity contribution in [2.45, 2.75) is 57.9 Å². The zero-order valence-electron chi connectivity index (χ0n) is 14.5. The number of anilines is 1. The summed E-state index contributed by atoms with van der Waals surface area (Å²) in [4.78, 5) is 25.4.